The van der Waals surface area contributed by atoms with E-state index in [0.717, 1.165) is 29.4 Å². The van der Waals surface area contributed by atoms with Crippen molar-refractivity contribution < 1.29 is 9.59 Å². The number of aromatic nitrogens is 2. The lowest BCUT2D eigenvalue weighted by Gasteiger charge is -2.33. The van der Waals surface area contributed by atoms with E-state index in [1.54, 1.807) is 36.7 Å². The van der Waals surface area contributed by atoms with Gasteiger partial charge in [-0.15, -0.1) is 0 Å². The molecule has 2 amide bonds. The molecule has 0 unspecified atom stereocenters. The van der Waals surface area contributed by atoms with Gasteiger partial charge in [-0.1, -0.05) is 29.8 Å². The highest BCUT2D eigenvalue weighted by molar-refractivity contribution is 6.30. The molecule has 1 saturated heterocycles. The fourth-order valence-electron chi connectivity index (χ4n) is 4.51. The molecule has 0 saturated carbocycles. The number of benzene rings is 2. The Morgan fingerprint density at radius 3 is 2.40 bits per heavy atom. The monoisotopic (exact) mass is 487 g/mol. The van der Waals surface area contributed by atoms with E-state index in [4.69, 9.17) is 11.6 Å². The number of halogens is 1. The summed E-state index contributed by atoms with van der Waals surface area (Å²) in [6.45, 7) is 1.34. The number of fused-ring (bicyclic) bond motifs is 1. The van der Waals surface area contributed by atoms with Crippen LogP contribution in [-0.2, 0) is 11.3 Å². The summed E-state index contributed by atoms with van der Waals surface area (Å²) in [6.07, 6.45) is 5.24. The number of nitrogens with one attached hydrogen (secondary N) is 2. The quantitative estimate of drug-likeness (QED) is 0.399. The summed E-state index contributed by atoms with van der Waals surface area (Å²) in [6, 6.07) is 20.8. The predicted octanol–water partition coefficient (Wildman–Crippen LogP) is 5.05. The standard InChI is InChI=1S/C27H26ClN5O2/c28-20-5-7-21(8-6-20)31-26(34)18-33-24-4-2-1-3-19(24)17-25(33)27(35)32-15-11-23(12-16-32)30-22-9-13-29-14-10-22/h1-10,13-14,17,23H,11-12,15-16,18H2,(H,29,30)(H,31,34). The van der Waals surface area contributed by atoms with E-state index in [1.807, 2.05) is 51.9 Å². The van der Waals surface area contributed by atoms with Gasteiger partial charge in [0, 0.05) is 58.8 Å². The fraction of sp³-hybridized carbons (Fsp3) is 0.222. The molecule has 0 atom stereocenters. The van der Waals surface area contributed by atoms with Gasteiger partial charge in [0.05, 0.1) is 0 Å². The molecule has 8 heteroatoms. The third-order valence-corrected chi connectivity index (χ3v) is 6.54. The van der Waals surface area contributed by atoms with Crippen molar-refractivity contribution in [3.05, 3.63) is 89.8 Å². The van der Waals surface area contributed by atoms with Crippen molar-refractivity contribution >= 4 is 45.7 Å². The molecule has 2 N–H and O–H groups in total. The van der Waals surface area contributed by atoms with Crippen molar-refractivity contribution in [3.63, 3.8) is 0 Å². The van der Waals surface area contributed by atoms with Crippen molar-refractivity contribution in [2.45, 2.75) is 25.4 Å². The Balaban J connectivity index is 1.30. The maximum Gasteiger partial charge on any atom is 0.270 e. The maximum atomic E-state index is 13.6. The smallest absolute Gasteiger partial charge is 0.270 e. The van der Waals surface area contributed by atoms with Gasteiger partial charge in [0.25, 0.3) is 5.91 Å². The topological polar surface area (TPSA) is 79.3 Å². The van der Waals surface area contributed by atoms with Crippen LogP contribution in [0.25, 0.3) is 10.9 Å². The number of pyridine rings is 1. The molecule has 5 rings (SSSR count). The average molecular weight is 488 g/mol. The molecule has 3 heterocycles. The normalized spacial score (nSPS) is 14.1. The molecule has 0 bridgehead atoms. The van der Waals surface area contributed by atoms with Gasteiger partial charge in [0.15, 0.2) is 0 Å². The molecule has 1 aliphatic heterocycles. The van der Waals surface area contributed by atoms with Gasteiger partial charge in [0.2, 0.25) is 5.91 Å². The molecule has 2 aromatic carbocycles. The zero-order valence-electron chi connectivity index (χ0n) is 19.2. The van der Waals surface area contributed by atoms with Gasteiger partial charge in [-0.2, -0.15) is 0 Å². The number of hydrogen-bond donors (Lipinski definition) is 2. The molecule has 7 nitrogen and oxygen atoms in total. The Kier molecular flexibility index (Phi) is 6.68. The highest BCUT2D eigenvalue weighted by atomic mass is 35.5. The number of para-hydroxylation sites is 1. The fourth-order valence-corrected chi connectivity index (χ4v) is 4.63. The van der Waals surface area contributed by atoms with Gasteiger partial charge in [-0.05, 0) is 61.4 Å². The molecule has 2 aromatic heterocycles. The van der Waals surface area contributed by atoms with Crippen LogP contribution < -0.4 is 10.6 Å². The molecule has 0 spiro atoms. The Hall–Kier alpha value is -3.84. The van der Waals surface area contributed by atoms with Gasteiger partial charge in [0.1, 0.15) is 12.2 Å². The summed E-state index contributed by atoms with van der Waals surface area (Å²) in [5, 5.41) is 7.95. The van der Waals surface area contributed by atoms with Crippen LogP contribution in [0.2, 0.25) is 5.02 Å². The van der Waals surface area contributed by atoms with Crippen LogP contribution in [0.5, 0.6) is 0 Å². The number of anilines is 2. The highest BCUT2D eigenvalue weighted by Crippen LogP contribution is 2.24. The Bertz CT molecular complexity index is 1330. The van der Waals surface area contributed by atoms with Crippen molar-refractivity contribution in [3.8, 4) is 0 Å². The first-order valence-electron chi connectivity index (χ1n) is 11.7. The van der Waals surface area contributed by atoms with E-state index in [1.165, 1.54) is 0 Å². The average Bonchev–Trinajstić information content (AvgIpc) is 3.24. The minimum Gasteiger partial charge on any atom is -0.382 e. The Morgan fingerprint density at radius 2 is 1.66 bits per heavy atom. The van der Waals surface area contributed by atoms with Crippen molar-refractivity contribution in [1.29, 1.82) is 0 Å². The van der Waals surface area contributed by atoms with Crippen molar-refractivity contribution in [1.82, 2.24) is 14.5 Å². The predicted molar refractivity (Wildman–Crippen MR) is 139 cm³/mol. The van der Waals surface area contributed by atoms with Crippen LogP contribution in [0, 0.1) is 0 Å². The van der Waals surface area contributed by atoms with E-state index in [-0.39, 0.29) is 18.4 Å². The summed E-state index contributed by atoms with van der Waals surface area (Å²) in [7, 11) is 0. The number of hydrogen-bond acceptors (Lipinski definition) is 4. The van der Waals surface area contributed by atoms with Crippen LogP contribution >= 0.6 is 11.6 Å². The lowest BCUT2D eigenvalue weighted by atomic mass is 10.0. The molecule has 35 heavy (non-hydrogen) atoms. The molecule has 178 valence electrons. The second-order valence-electron chi connectivity index (χ2n) is 8.68. The molecular weight excluding hydrogens is 462 g/mol. The Labute approximate surface area is 208 Å². The lowest BCUT2D eigenvalue weighted by molar-refractivity contribution is -0.116. The van der Waals surface area contributed by atoms with Gasteiger partial charge in [-0.3, -0.25) is 14.6 Å². The van der Waals surface area contributed by atoms with Crippen LogP contribution in [0.4, 0.5) is 11.4 Å². The van der Waals surface area contributed by atoms with Gasteiger partial charge in [-0.25, -0.2) is 0 Å². The number of amides is 2. The maximum absolute atomic E-state index is 13.6. The van der Waals surface area contributed by atoms with Crippen molar-refractivity contribution in [2.24, 2.45) is 0 Å². The zero-order valence-corrected chi connectivity index (χ0v) is 19.9. The van der Waals surface area contributed by atoms with E-state index in [2.05, 4.69) is 15.6 Å². The largest absolute Gasteiger partial charge is 0.382 e. The second kappa shape index (κ2) is 10.2. The van der Waals surface area contributed by atoms with Crippen LogP contribution in [0.15, 0.2) is 79.1 Å². The van der Waals surface area contributed by atoms with Gasteiger partial charge < -0.3 is 20.1 Å². The van der Waals surface area contributed by atoms with Gasteiger partial charge >= 0.3 is 0 Å². The number of piperidine rings is 1. The minimum absolute atomic E-state index is 0.0390. The molecule has 1 aliphatic rings. The summed E-state index contributed by atoms with van der Waals surface area (Å²) < 4.78 is 1.81. The van der Waals surface area contributed by atoms with E-state index in [0.29, 0.717) is 35.5 Å². The van der Waals surface area contributed by atoms with Crippen molar-refractivity contribution in [2.75, 3.05) is 23.7 Å². The number of carbonyl (C=O) groups is 2. The van der Waals surface area contributed by atoms with E-state index < -0.39 is 0 Å². The van der Waals surface area contributed by atoms with Crippen LogP contribution in [0.3, 0.4) is 0 Å². The Morgan fingerprint density at radius 1 is 0.943 bits per heavy atom. The summed E-state index contributed by atoms with van der Waals surface area (Å²) in [5.74, 6) is -0.258. The summed E-state index contributed by atoms with van der Waals surface area (Å²) in [4.78, 5) is 32.4. The van der Waals surface area contributed by atoms with Crippen LogP contribution in [0.1, 0.15) is 23.3 Å². The first kappa shape index (κ1) is 22.9. The number of carbonyl (C=O) groups excluding carboxylic acids is 2. The van der Waals surface area contributed by atoms with E-state index >= 15 is 0 Å². The third-order valence-electron chi connectivity index (χ3n) is 6.29. The van der Waals surface area contributed by atoms with Crippen LogP contribution in [-0.4, -0.2) is 45.4 Å². The SMILES string of the molecule is O=C(Cn1c(C(=O)N2CCC(Nc3ccncc3)CC2)cc2ccccc21)Nc1ccc(Cl)cc1. The zero-order chi connectivity index (χ0) is 24.2. The second-order valence-corrected chi connectivity index (χ2v) is 9.11. The number of likely N-dealkylation sites (tertiary alicyclic amines) is 1. The van der Waals surface area contributed by atoms with E-state index in [9.17, 15) is 9.59 Å². The first-order valence-corrected chi connectivity index (χ1v) is 12.0. The summed E-state index contributed by atoms with van der Waals surface area (Å²) in [5.41, 5.74) is 3.08. The first-order chi connectivity index (χ1) is 17.1. The highest BCUT2D eigenvalue weighted by Gasteiger charge is 2.27. The number of nitrogens with zero attached hydrogens (tertiary/aromatic N) is 3. The molecule has 1 fully saturated rings. The number of rotatable bonds is 6. The lowest BCUT2D eigenvalue weighted by Crippen LogP contribution is -2.43. The molecule has 0 aliphatic carbocycles. The summed E-state index contributed by atoms with van der Waals surface area (Å²) >= 11 is 5.94. The molecule has 0 radical (unpaired) electrons. The molecular formula is C27H26ClN5O2. The molecule has 4 aromatic rings. The minimum atomic E-state index is -0.206. The third kappa shape index (κ3) is 5.30.